The molecule has 0 fully saturated rings. The minimum Gasteiger partial charge on any atom is -0.394 e. The van der Waals surface area contributed by atoms with E-state index in [1.807, 2.05) is 5.73 Å². The number of rotatable bonds is 9. The zero-order chi connectivity index (χ0) is 15.2. The highest BCUT2D eigenvalue weighted by Crippen LogP contribution is 2.07. The highest BCUT2D eigenvalue weighted by Gasteiger charge is 2.35. The summed E-state index contributed by atoms with van der Waals surface area (Å²) in [5.41, 5.74) is 1.93. The van der Waals surface area contributed by atoms with Crippen molar-refractivity contribution in [1.82, 2.24) is 0 Å². The Morgan fingerprint density at radius 1 is 1.22 bits per heavy atom. The highest BCUT2D eigenvalue weighted by atomic mass is 16.4. The van der Waals surface area contributed by atoms with Crippen LogP contribution in [0.5, 0.6) is 0 Å². The zero-order valence-corrected chi connectivity index (χ0v) is 10.4. The Balaban J connectivity index is 4.74. The van der Waals surface area contributed by atoms with Crippen LogP contribution in [0.3, 0.4) is 0 Å². The van der Waals surface area contributed by atoms with Gasteiger partial charge in [0, 0.05) is 0 Å². The Bertz CT molecular complexity index is 312. The number of carbonyl (C=O) groups is 2. The molecule has 0 aliphatic heterocycles. The first kappa shape index (κ1) is 15.2. The number of carbonyl (C=O) groups excluding carboxylic acids is 2. The molecule has 0 bridgehead atoms. The summed E-state index contributed by atoms with van der Waals surface area (Å²) in [6, 6.07) is -1.08. The van der Waals surface area contributed by atoms with Crippen LogP contribution in [-0.2, 0) is 9.59 Å². The van der Waals surface area contributed by atoms with E-state index in [-0.39, 0.29) is 12.3 Å². The van der Waals surface area contributed by atoms with Crippen molar-refractivity contribution >= 4 is 11.6 Å². The predicted octanol–water partition coefficient (Wildman–Crippen LogP) is -2.43. The zero-order valence-electron chi connectivity index (χ0n) is 11.4. The molecule has 7 heteroatoms. The van der Waals surface area contributed by atoms with Crippen LogP contribution in [0.1, 0.15) is 20.3 Å². The summed E-state index contributed by atoms with van der Waals surface area (Å²) in [4.78, 5) is 23.3. The molecule has 0 rings (SSSR count). The summed E-state index contributed by atoms with van der Waals surface area (Å²) >= 11 is 0. The summed E-state index contributed by atoms with van der Waals surface area (Å²) in [5.74, 6) is -2.30. The van der Waals surface area contributed by atoms with Crippen LogP contribution < -0.4 is 5.73 Å². The number of aliphatic hydroxyl groups is 4. The van der Waals surface area contributed by atoms with Gasteiger partial charge in [0.2, 0.25) is 11.6 Å². The molecule has 0 unspecified atom stereocenters. The van der Waals surface area contributed by atoms with Crippen LogP contribution in [0.4, 0.5) is 0 Å². The first-order valence-electron chi connectivity index (χ1n) is 6.16. The standard InChI is InChI=1S/C11H21NO6/c1-5(2)3-6(12)8(15)10(17)11(18)9(16)7(14)4-13/h5-7,9,11,13-14,16,18H,3-4,12H2,1-2H3/t6-,7+,9+,11-/m0/s1/i/hD. The second-order valence-electron chi connectivity index (χ2n) is 4.60. The van der Waals surface area contributed by atoms with Gasteiger partial charge >= 0.3 is 0 Å². The number of hydrogen-bond donors (Lipinski definition) is 5. The normalized spacial score (nSPS) is 18.9. The SMILES string of the molecule is [2H]N[C@@H](CC(C)C)C(=O)C(=O)[C@@H](O)[C@H](O)[C@H](O)CO. The summed E-state index contributed by atoms with van der Waals surface area (Å²) < 4.78 is 6.99. The number of nitrogens with two attached hydrogens (primary N) is 1. The van der Waals surface area contributed by atoms with Crippen LogP contribution in [0.15, 0.2) is 0 Å². The lowest BCUT2D eigenvalue weighted by Gasteiger charge is -2.21. The summed E-state index contributed by atoms with van der Waals surface area (Å²) in [6.07, 6.45) is -5.58. The monoisotopic (exact) mass is 264 g/mol. The molecule has 0 aromatic heterocycles. The highest BCUT2D eigenvalue weighted by molar-refractivity contribution is 6.40. The average molecular weight is 264 g/mol. The molecule has 0 amide bonds. The minimum atomic E-state index is -2.13. The Morgan fingerprint density at radius 2 is 1.78 bits per heavy atom. The van der Waals surface area contributed by atoms with E-state index >= 15 is 0 Å². The van der Waals surface area contributed by atoms with Gasteiger partial charge in [-0.15, -0.1) is 0 Å². The van der Waals surface area contributed by atoms with E-state index in [2.05, 4.69) is 0 Å². The second kappa shape index (κ2) is 7.55. The topological polar surface area (TPSA) is 141 Å². The van der Waals surface area contributed by atoms with Crippen molar-refractivity contribution < 1.29 is 31.4 Å². The molecule has 7 nitrogen and oxygen atoms in total. The predicted molar refractivity (Wildman–Crippen MR) is 62.6 cm³/mol. The van der Waals surface area contributed by atoms with E-state index < -0.39 is 42.5 Å². The van der Waals surface area contributed by atoms with Gasteiger partial charge in [0.15, 0.2) is 0 Å². The molecular weight excluding hydrogens is 242 g/mol. The average Bonchev–Trinajstić information content (AvgIpc) is 2.40. The molecule has 0 aromatic carbocycles. The molecule has 106 valence electrons. The van der Waals surface area contributed by atoms with E-state index in [1.165, 1.54) is 0 Å². The van der Waals surface area contributed by atoms with Crippen molar-refractivity contribution in [3.05, 3.63) is 0 Å². The molecule has 0 saturated heterocycles. The van der Waals surface area contributed by atoms with Crippen LogP contribution in [0.2, 0.25) is 1.41 Å². The maximum atomic E-state index is 11.7. The number of ketones is 2. The van der Waals surface area contributed by atoms with Gasteiger partial charge in [-0.2, -0.15) is 0 Å². The molecule has 0 aliphatic carbocycles. The van der Waals surface area contributed by atoms with Crippen LogP contribution >= 0.6 is 0 Å². The van der Waals surface area contributed by atoms with Gasteiger partial charge in [-0.1, -0.05) is 13.8 Å². The molecule has 18 heavy (non-hydrogen) atoms. The third-order valence-corrected chi connectivity index (χ3v) is 2.44. The van der Waals surface area contributed by atoms with Gasteiger partial charge in [0.1, 0.15) is 19.7 Å². The summed E-state index contributed by atoms with van der Waals surface area (Å²) in [7, 11) is 0. The first-order chi connectivity index (χ1) is 8.76. The molecule has 6 N–H and O–H groups in total. The lowest BCUT2D eigenvalue weighted by atomic mass is 9.94. The smallest absolute Gasteiger partial charge is 0.231 e. The Kier molecular flexibility index (Phi) is 6.37. The Hall–Kier alpha value is -0.860. The maximum absolute atomic E-state index is 11.7. The van der Waals surface area contributed by atoms with Crippen LogP contribution in [0.25, 0.3) is 0 Å². The molecular formula is C11H21NO6. The molecule has 0 radical (unpaired) electrons. The van der Waals surface area contributed by atoms with Crippen molar-refractivity contribution in [1.29, 1.82) is 0 Å². The third kappa shape index (κ3) is 4.79. The van der Waals surface area contributed by atoms with Gasteiger partial charge in [-0.3, -0.25) is 9.59 Å². The Labute approximate surface area is 107 Å². The number of Topliss-reactive ketones (excluding diaryl/α,β-unsaturated/α-hetero) is 2. The van der Waals surface area contributed by atoms with E-state index in [4.69, 9.17) is 11.6 Å². The van der Waals surface area contributed by atoms with Crippen molar-refractivity contribution in [2.45, 2.75) is 44.6 Å². The third-order valence-electron chi connectivity index (χ3n) is 2.44. The molecule has 0 aromatic rings. The molecule has 0 saturated carbocycles. The second-order valence-corrected chi connectivity index (χ2v) is 4.60. The largest absolute Gasteiger partial charge is 0.394 e. The fourth-order valence-corrected chi connectivity index (χ4v) is 1.37. The summed E-state index contributed by atoms with van der Waals surface area (Å²) in [6.45, 7) is 2.73. The van der Waals surface area contributed by atoms with Crippen molar-refractivity contribution in [2.24, 2.45) is 11.6 Å². The lowest BCUT2D eigenvalue weighted by molar-refractivity contribution is -0.150. The van der Waals surface area contributed by atoms with E-state index in [1.54, 1.807) is 13.8 Å². The van der Waals surface area contributed by atoms with Crippen LogP contribution in [-0.4, -0.2) is 63.0 Å². The molecule has 4 atom stereocenters. The number of aliphatic hydroxyl groups excluding tert-OH is 4. The van der Waals surface area contributed by atoms with Crippen molar-refractivity contribution in [3.8, 4) is 0 Å². The fourth-order valence-electron chi connectivity index (χ4n) is 1.37. The van der Waals surface area contributed by atoms with Gasteiger partial charge < -0.3 is 26.2 Å². The van der Waals surface area contributed by atoms with E-state index in [9.17, 15) is 19.8 Å². The van der Waals surface area contributed by atoms with Gasteiger partial charge in [0.05, 0.1) is 12.6 Å². The summed E-state index contributed by atoms with van der Waals surface area (Å²) in [5, 5.41) is 36.5. The molecule has 0 spiro atoms. The Morgan fingerprint density at radius 3 is 2.17 bits per heavy atom. The first-order valence-corrected chi connectivity index (χ1v) is 5.66. The molecule has 0 heterocycles. The van der Waals surface area contributed by atoms with Gasteiger partial charge in [-0.25, -0.2) is 0 Å². The van der Waals surface area contributed by atoms with E-state index in [0.29, 0.717) is 0 Å². The van der Waals surface area contributed by atoms with Crippen molar-refractivity contribution in [3.63, 3.8) is 0 Å². The molecule has 0 aliphatic rings. The fraction of sp³-hybridized carbons (Fsp3) is 0.818. The van der Waals surface area contributed by atoms with Gasteiger partial charge in [0.25, 0.3) is 0 Å². The van der Waals surface area contributed by atoms with Gasteiger partial charge in [-0.05, 0) is 12.3 Å². The van der Waals surface area contributed by atoms with Crippen molar-refractivity contribution in [2.75, 3.05) is 6.61 Å². The maximum Gasteiger partial charge on any atom is 0.231 e. The lowest BCUT2D eigenvalue weighted by Crippen LogP contribution is -2.49. The quantitative estimate of drug-likeness (QED) is 0.292. The minimum absolute atomic E-state index is 0.0460. The van der Waals surface area contributed by atoms with E-state index in [0.717, 1.165) is 0 Å². The van der Waals surface area contributed by atoms with Crippen LogP contribution in [0, 0.1) is 5.92 Å². The number of hydrogen-bond acceptors (Lipinski definition) is 7.